The molecule has 0 amide bonds. The summed E-state index contributed by atoms with van der Waals surface area (Å²) < 4.78 is 0. The SMILES string of the molecule is CCCN(CCNCCC(C)(C)C)CC1CC1. The lowest BCUT2D eigenvalue weighted by Gasteiger charge is -2.22. The molecule has 102 valence electrons. The molecular weight excluding hydrogens is 208 g/mol. The highest BCUT2D eigenvalue weighted by Crippen LogP contribution is 2.29. The van der Waals surface area contributed by atoms with E-state index in [1.807, 2.05) is 0 Å². The molecule has 17 heavy (non-hydrogen) atoms. The summed E-state index contributed by atoms with van der Waals surface area (Å²) in [6.07, 6.45) is 5.49. The Morgan fingerprint density at radius 2 is 1.82 bits per heavy atom. The van der Waals surface area contributed by atoms with Crippen LogP contribution in [0.3, 0.4) is 0 Å². The first-order valence-corrected chi connectivity index (χ1v) is 7.44. The Kier molecular flexibility index (Phi) is 6.50. The lowest BCUT2D eigenvalue weighted by atomic mass is 9.92. The van der Waals surface area contributed by atoms with E-state index in [9.17, 15) is 0 Å². The van der Waals surface area contributed by atoms with Gasteiger partial charge in [-0.3, -0.25) is 0 Å². The summed E-state index contributed by atoms with van der Waals surface area (Å²) in [6.45, 7) is 15.4. The Bertz CT molecular complexity index is 192. The molecule has 1 rings (SSSR count). The molecule has 2 heteroatoms. The summed E-state index contributed by atoms with van der Waals surface area (Å²) in [5.41, 5.74) is 0.462. The fraction of sp³-hybridized carbons (Fsp3) is 1.00. The van der Waals surface area contributed by atoms with Crippen LogP contribution >= 0.6 is 0 Å². The maximum Gasteiger partial charge on any atom is 0.0107 e. The van der Waals surface area contributed by atoms with E-state index in [0.29, 0.717) is 5.41 Å². The Morgan fingerprint density at radius 1 is 1.12 bits per heavy atom. The fourth-order valence-corrected chi connectivity index (χ4v) is 2.10. The van der Waals surface area contributed by atoms with Crippen molar-refractivity contribution in [2.75, 3.05) is 32.7 Å². The molecule has 0 unspecified atom stereocenters. The third kappa shape index (κ3) is 8.62. The number of nitrogens with one attached hydrogen (secondary N) is 1. The molecule has 1 saturated carbocycles. The van der Waals surface area contributed by atoms with Crippen molar-refractivity contribution in [1.29, 1.82) is 0 Å². The quantitative estimate of drug-likeness (QED) is 0.623. The molecule has 0 radical (unpaired) electrons. The largest absolute Gasteiger partial charge is 0.315 e. The Hall–Kier alpha value is -0.0800. The van der Waals surface area contributed by atoms with E-state index in [1.165, 1.54) is 45.3 Å². The first-order valence-electron chi connectivity index (χ1n) is 7.44. The van der Waals surface area contributed by atoms with Crippen LogP contribution in [0.2, 0.25) is 0 Å². The lowest BCUT2D eigenvalue weighted by molar-refractivity contribution is 0.260. The van der Waals surface area contributed by atoms with Crippen LogP contribution in [0, 0.1) is 11.3 Å². The van der Waals surface area contributed by atoms with Crippen LogP contribution < -0.4 is 5.32 Å². The van der Waals surface area contributed by atoms with Gasteiger partial charge >= 0.3 is 0 Å². The molecular formula is C15H32N2. The first kappa shape index (κ1) is 15.0. The molecule has 1 fully saturated rings. The molecule has 1 aliphatic rings. The highest BCUT2D eigenvalue weighted by atomic mass is 15.1. The van der Waals surface area contributed by atoms with E-state index < -0.39 is 0 Å². The summed E-state index contributed by atoms with van der Waals surface area (Å²) in [6, 6.07) is 0. The molecule has 0 spiro atoms. The van der Waals surface area contributed by atoms with Gasteiger partial charge in [-0.1, -0.05) is 27.7 Å². The molecule has 2 nitrogen and oxygen atoms in total. The van der Waals surface area contributed by atoms with Gasteiger partial charge in [0, 0.05) is 19.6 Å². The number of hydrogen-bond acceptors (Lipinski definition) is 2. The van der Waals surface area contributed by atoms with E-state index in [0.717, 1.165) is 19.0 Å². The van der Waals surface area contributed by atoms with E-state index >= 15 is 0 Å². The van der Waals surface area contributed by atoms with Crippen molar-refractivity contribution in [3.05, 3.63) is 0 Å². The number of nitrogens with zero attached hydrogens (tertiary/aromatic N) is 1. The summed E-state index contributed by atoms with van der Waals surface area (Å²) in [7, 11) is 0. The van der Waals surface area contributed by atoms with Crippen molar-refractivity contribution >= 4 is 0 Å². The molecule has 0 aromatic rings. The van der Waals surface area contributed by atoms with Crippen molar-refractivity contribution in [2.24, 2.45) is 11.3 Å². The minimum absolute atomic E-state index is 0.462. The third-order valence-electron chi connectivity index (χ3n) is 3.41. The lowest BCUT2D eigenvalue weighted by Crippen LogP contribution is -2.35. The minimum atomic E-state index is 0.462. The van der Waals surface area contributed by atoms with Gasteiger partial charge < -0.3 is 10.2 Å². The third-order valence-corrected chi connectivity index (χ3v) is 3.41. The zero-order chi connectivity index (χ0) is 12.7. The fourth-order valence-electron chi connectivity index (χ4n) is 2.10. The van der Waals surface area contributed by atoms with Crippen LogP contribution in [0.1, 0.15) is 53.4 Å². The van der Waals surface area contributed by atoms with Crippen molar-refractivity contribution in [3.63, 3.8) is 0 Å². The summed E-state index contributed by atoms with van der Waals surface area (Å²) in [4.78, 5) is 2.64. The zero-order valence-corrected chi connectivity index (χ0v) is 12.4. The normalized spacial score (nSPS) is 16.8. The average molecular weight is 240 g/mol. The van der Waals surface area contributed by atoms with E-state index in [4.69, 9.17) is 0 Å². The molecule has 1 aliphatic carbocycles. The second kappa shape index (κ2) is 7.38. The molecule has 0 aliphatic heterocycles. The molecule has 0 heterocycles. The topological polar surface area (TPSA) is 15.3 Å². The molecule has 0 aromatic carbocycles. The first-order chi connectivity index (χ1) is 8.01. The molecule has 1 N–H and O–H groups in total. The maximum atomic E-state index is 3.58. The summed E-state index contributed by atoms with van der Waals surface area (Å²) >= 11 is 0. The highest BCUT2D eigenvalue weighted by Gasteiger charge is 2.23. The van der Waals surface area contributed by atoms with Gasteiger partial charge in [0.2, 0.25) is 0 Å². The van der Waals surface area contributed by atoms with E-state index in [-0.39, 0.29) is 0 Å². The van der Waals surface area contributed by atoms with Crippen LogP contribution in [0.25, 0.3) is 0 Å². The second-order valence-corrected chi connectivity index (χ2v) is 6.80. The highest BCUT2D eigenvalue weighted by molar-refractivity contribution is 4.77. The zero-order valence-electron chi connectivity index (χ0n) is 12.4. The molecule has 0 aromatic heterocycles. The van der Waals surface area contributed by atoms with Crippen LogP contribution in [-0.2, 0) is 0 Å². The summed E-state index contributed by atoms with van der Waals surface area (Å²) in [5, 5.41) is 3.58. The Morgan fingerprint density at radius 3 is 2.35 bits per heavy atom. The van der Waals surface area contributed by atoms with Crippen LogP contribution in [-0.4, -0.2) is 37.6 Å². The van der Waals surface area contributed by atoms with Crippen LogP contribution in [0.4, 0.5) is 0 Å². The van der Waals surface area contributed by atoms with Gasteiger partial charge in [0.05, 0.1) is 0 Å². The minimum Gasteiger partial charge on any atom is -0.315 e. The van der Waals surface area contributed by atoms with Crippen LogP contribution in [0.15, 0.2) is 0 Å². The van der Waals surface area contributed by atoms with Crippen molar-refractivity contribution < 1.29 is 0 Å². The van der Waals surface area contributed by atoms with Crippen molar-refractivity contribution in [3.8, 4) is 0 Å². The average Bonchev–Trinajstić information content (AvgIpc) is 2.99. The number of hydrogen-bond donors (Lipinski definition) is 1. The molecule has 0 bridgehead atoms. The monoisotopic (exact) mass is 240 g/mol. The van der Waals surface area contributed by atoms with Gasteiger partial charge in [0.1, 0.15) is 0 Å². The standard InChI is InChI=1S/C15H32N2/c1-5-11-17(13-14-6-7-14)12-10-16-9-8-15(2,3)4/h14,16H,5-13H2,1-4H3. The molecule has 0 atom stereocenters. The van der Waals surface area contributed by atoms with Gasteiger partial charge in [-0.2, -0.15) is 0 Å². The van der Waals surface area contributed by atoms with Gasteiger partial charge in [0.25, 0.3) is 0 Å². The Balaban J connectivity index is 2.01. The van der Waals surface area contributed by atoms with E-state index in [1.54, 1.807) is 0 Å². The van der Waals surface area contributed by atoms with Crippen molar-refractivity contribution in [2.45, 2.75) is 53.4 Å². The van der Waals surface area contributed by atoms with Gasteiger partial charge in [-0.05, 0) is 50.1 Å². The smallest absolute Gasteiger partial charge is 0.0107 e. The van der Waals surface area contributed by atoms with Gasteiger partial charge in [-0.25, -0.2) is 0 Å². The summed E-state index contributed by atoms with van der Waals surface area (Å²) in [5.74, 6) is 1.02. The van der Waals surface area contributed by atoms with Gasteiger partial charge in [-0.15, -0.1) is 0 Å². The predicted molar refractivity (Wildman–Crippen MR) is 76.4 cm³/mol. The second-order valence-electron chi connectivity index (χ2n) is 6.80. The Labute approximate surface area is 108 Å². The number of rotatable bonds is 9. The van der Waals surface area contributed by atoms with E-state index in [2.05, 4.69) is 37.9 Å². The van der Waals surface area contributed by atoms with Gasteiger partial charge in [0.15, 0.2) is 0 Å². The van der Waals surface area contributed by atoms with Crippen LogP contribution in [0.5, 0.6) is 0 Å². The maximum absolute atomic E-state index is 3.58. The van der Waals surface area contributed by atoms with Crippen molar-refractivity contribution in [1.82, 2.24) is 10.2 Å². The molecule has 0 saturated heterocycles. The predicted octanol–water partition coefficient (Wildman–Crippen LogP) is 3.13.